The Morgan fingerprint density at radius 2 is 1.83 bits per heavy atom. The van der Waals surface area contributed by atoms with Crippen molar-refractivity contribution in [2.24, 2.45) is 0 Å². The van der Waals surface area contributed by atoms with Crippen LogP contribution in [0.2, 0.25) is 0 Å². The minimum Gasteiger partial charge on any atom is -0.496 e. The fraction of sp³-hybridized carbons (Fsp3) is 0.0455. The first-order valence-electron chi connectivity index (χ1n) is 8.92. The number of nitrogens with zero attached hydrogens (tertiary/aromatic N) is 2. The Morgan fingerprint density at radius 3 is 2.59 bits per heavy atom. The van der Waals surface area contributed by atoms with E-state index in [0.717, 1.165) is 26.9 Å². The molecule has 0 bridgehead atoms. The van der Waals surface area contributed by atoms with Gasteiger partial charge in [-0.3, -0.25) is 9.89 Å². The summed E-state index contributed by atoms with van der Waals surface area (Å²) in [5.74, 6) is 0.954. The second-order valence-electron chi connectivity index (χ2n) is 6.12. The second kappa shape index (κ2) is 8.62. The van der Waals surface area contributed by atoms with Gasteiger partial charge in [-0.1, -0.05) is 30.0 Å². The molecule has 4 rings (SSSR count). The van der Waals surface area contributed by atoms with Gasteiger partial charge in [0.1, 0.15) is 10.8 Å². The van der Waals surface area contributed by atoms with Gasteiger partial charge in [0, 0.05) is 28.3 Å². The molecule has 29 heavy (non-hydrogen) atoms. The predicted octanol–water partition coefficient (Wildman–Crippen LogP) is 4.88. The van der Waals surface area contributed by atoms with E-state index in [4.69, 9.17) is 4.74 Å². The lowest BCUT2D eigenvalue weighted by Gasteiger charge is -2.05. The molecule has 7 heteroatoms. The van der Waals surface area contributed by atoms with E-state index in [1.807, 2.05) is 54.6 Å². The number of amides is 1. The van der Waals surface area contributed by atoms with E-state index < -0.39 is 0 Å². The summed E-state index contributed by atoms with van der Waals surface area (Å²) in [6, 6.07) is 22.5. The maximum atomic E-state index is 12.5. The van der Waals surface area contributed by atoms with Crippen molar-refractivity contribution in [1.82, 2.24) is 15.2 Å². The van der Waals surface area contributed by atoms with Crippen molar-refractivity contribution in [2.45, 2.75) is 9.92 Å². The summed E-state index contributed by atoms with van der Waals surface area (Å²) in [5, 5.41) is 10.8. The Balaban J connectivity index is 1.44. The molecule has 1 amide bonds. The SMILES string of the molecule is COc1ccccc1-c1cc(NC(=O)c2ccc(Sc3ccccn3)cc2)n[nH]1. The van der Waals surface area contributed by atoms with Crippen molar-refractivity contribution in [3.63, 3.8) is 0 Å². The zero-order chi connectivity index (χ0) is 20.1. The lowest BCUT2D eigenvalue weighted by Crippen LogP contribution is -2.11. The van der Waals surface area contributed by atoms with Crippen LogP contribution in [0, 0.1) is 0 Å². The molecule has 0 aliphatic heterocycles. The third-order valence-corrected chi connectivity index (χ3v) is 5.15. The molecule has 0 unspecified atom stereocenters. The Bertz CT molecular complexity index is 1110. The number of aromatic nitrogens is 3. The minimum absolute atomic E-state index is 0.225. The largest absolute Gasteiger partial charge is 0.496 e. The van der Waals surface area contributed by atoms with E-state index in [-0.39, 0.29) is 5.91 Å². The number of nitrogens with one attached hydrogen (secondary N) is 2. The summed E-state index contributed by atoms with van der Waals surface area (Å²) in [6.07, 6.45) is 1.76. The molecule has 0 saturated carbocycles. The topological polar surface area (TPSA) is 79.9 Å². The molecule has 0 saturated heterocycles. The number of ether oxygens (including phenoxy) is 1. The number of methoxy groups -OCH3 is 1. The maximum Gasteiger partial charge on any atom is 0.256 e. The van der Waals surface area contributed by atoms with Gasteiger partial charge in [-0.2, -0.15) is 5.10 Å². The van der Waals surface area contributed by atoms with Gasteiger partial charge in [0.15, 0.2) is 5.82 Å². The van der Waals surface area contributed by atoms with Crippen molar-refractivity contribution in [3.8, 4) is 17.0 Å². The lowest BCUT2D eigenvalue weighted by molar-refractivity contribution is 0.102. The third kappa shape index (κ3) is 4.47. The fourth-order valence-corrected chi connectivity index (χ4v) is 3.56. The van der Waals surface area contributed by atoms with Gasteiger partial charge >= 0.3 is 0 Å². The standard InChI is InChI=1S/C22H18N4O2S/c1-28-19-7-3-2-6-17(19)18-14-20(26-25-18)24-22(27)15-9-11-16(12-10-15)29-21-8-4-5-13-23-21/h2-14H,1H3,(H2,24,25,26,27). The molecular formula is C22H18N4O2S. The van der Waals surface area contributed by atoms with Gasteiger partial charge in [-0.25, -0.2) is 4.98 Å². The smallest absolute Gasteiger partial charge is 0.256 e. The third-order valence-electron chi connectivity index (χ3n) is 4.19. The van der Waals surface area contributed by atoms with Crippen LogP contribution < -0.4 is 10.1 Å². The van der Waals surface area contributed by atoms with E-state index in [2.05, 4.69) is 20.5 Å². The van der Waals surface area contributed by atoms with Gasteiger partial charge < -0.3 is 10.1 Å². The molecule has 0 radical (unpaired) electrons. The highest BCUT2D eigenvalue weighted by Gasteiger charge is 2.12. The molecule has 0 aliphatic carbocycles. The zero-order valence-corrected chi connectivity index (χ0v) is 16.4. The number of para-hydroxylation sites is 1. The molecule has 144 valence electrons. The average Bonchev–Trinajstić information content (AvgIpc) is 3.23. The van der Waals surface area contributed by atoms with Gasteiger partial charge in [0.2, 0.25) is 0 Å². The lowest BCUT2D eigenvalue weighted by atomic mass is 10.1. The first-order chi connectivity index (χ1) is 14.2. The summed E-state index contributed by atoms with van der Waals surface area (Å²) in [7, 11) is 1.62. The number of rotatable bonds is 6. The number of aromatic amines is 1. The number of pyridine rings is 1. The Kier molecular flexibility index (Phi) is 5.58. The van der Waals surface area contributed by atoms with Gasteiger partial charge in [0.05, 0.1) is 12.8 Å². The van der Waals surface area contributed by atoms with E-state index >= 15 is 0 Å². The van der Waals surface area contributed by atoms with Crippen LogP contribution in [0.15, 0.2) is 88.9 Å². The highest BCUT2D eigenvalue weighted by molar-refractivity contribution is 7.99. The summed E-state index contributed by atoms with van der Waals surface area (Å²) in [5.41, 5.74) is 2.19. The number of carbonyl (C=O) groups excluding carboxylic acids is 1. The van der Waals surface area contributed by atoms with Crippen LogP contribution in [0.4, 0.5) is 5.82 Å². The Labute approximate surface area is 172 Å². The highest BCUT2D eigenvalue weighted by Crippen LogP contribution is 2.29. The molecule has 2 N–H and O–H groups in total. The maximum absolute atomic E-state index is 12.5. The number of carbonyl (C=O) groups is 1. The Hall–Kier alpha value is -3.58. The van der Waals surface area contributed by atoms with Crippen molar-refractivity contribution in [2.75, 3.05) is 12.4 Å². The summed E-state index contributed by atoms with van der Waals surface area (Å²) in [4.78, 5) is 17.8. The number of hydrogen-bond acceptors (Lipinski definition) is 5. The molecule has 0 aliphatic rings. The minimum atomic E-state index is -0.225. The second-order valence-corrected chi connectivity index (χ2v) is 7.21. The van der Waals surface area contributed by atoms with Crippen molar-refractivity contribution in [1.29, 1.82) is 0 Å². The molecular weight excluding hydrogens is 384 g/mol. The molecule has 0 fully saturated rings. The molecule has 2 aromatic carbocycles. The predicted molar refractivity (Wildman–Crippen MR) is 113 cm³/mol. The van der Waals surface area contributed by atoms with Crippen LogP contribution >= 0.6 is 11.8 Å². The number of H-pyrrole nitrogens is 1. The van der Waals surface area contributed by atoms with Crippen LogP contribution in [-0.4, -0.2) is 28.2 Å². The van der Waals surface area contributed by atoms with Gasteiger partial charge in [0.25, 0.3) is 5.91 Å². The summed E-state index contributed by atoms with van der Waals surface area (Å²) < 4.78 is 5.37. The van der Waals surface area contributed by atoms with E-state index in [1.165, 1.54) is 0 Å². The van der Waals surface area contributed by atoms with Gasteiger partial charge in [-0.15, -0.1) is 0 Å². The average molecular weight is 402 g/mol. The Morgan fingerprint density at radius 1 is 1.03 bits per heavy atom. The normalized spacial score (nSPS) is 10.5. The highest BCUT2D eigenvalue weighted by atomic mass is 32.2. The number of hydrogen-bond donors (Lipinski definition) is 2. The summed E-state index contributed by atoms with van der Waals surface area (Å²) >= 11 is 1.54. The number of benzene rings is 2. The van der Waals surface area contributed by atoms with Gasteiger partial charge in [-0.05, 0) is 48.5 Å². The molecule has 2 aromatic heterocycles. The van der Waals surface area contributed by atoms with Crippen molar-refractivity contribution < 1.29 is 9.53 Å². The first kappa shape index (κ1) is 18.8. The van der Waals surface area contributed by atoms with Crippen molar-refractivity contribution in [3.05, 3.63) is 84.6 Å². The molecule has 0 spiro atoms. The van der Waals surface area contributed by atoms with E-state index in [1.54, 1.807) is 43.3 Å². The van der Waals surface area contributed by atoms with Crippen LogP contribution in [0.25, 0.3) is 11.3 Å². The first-order valence-corrected chi connectivity index (χ1v) is 9.74. The number of anilines is 1. The van der Waals surface area contributed by atoms with E-state index in [9.17, 15) is 4.79 Å². The zero-order valence-electron chi connectivity index (χ0n) is 15.6. The summed E-state index contributed by atoms with van der Waals surface area (Å²) in [6.45, 7) is 0. The van der Waals surface area contributed by atoms with Crippen molar-refractivity contribution >= 4 is 23.5 Å². The van der Waals surface area contributed by atoms with E-state index in [0.29, 0.717) is 11.4 Å². The molecule has 0 atom stereocenters. The monoisotopic (exact) mass is 402 g/mol. The quantitative estimate of drug-likeness (QED) is 0.480. The molecule has 2 heterocycles. The van der Waals surface area contributed by atoms with Crippen LogP contribution in [0.1, 0.15) is 10.4 Å². The van der Waals surface area contributed by atoms with Crippen LogP contribution in [0.5, 0.6) is 5.75 Å². The fourth-order valence-electron chi connectivity index (χ4n) is 2.78. The van der Waals surface area contributed by atoms with Crippen LogP contribution in [-0.2, 0) is 0 Å². The van der Waals surface area contributed by atoms with Crippen LogP contribution in [0.3, 0.4) is 0 Å². The molecule has 6 nitrogen and oxygen atoms in total. The molecule has 4 aromatic rings.